The summed E-state index contributed by atoms with van der Waals surface area (Å²) < 4.78 is 33.0. The molecule has 0 aliphatic carbocycles. The molecule has 1 unspecified atom stereocenters. The fraction of sp³-hybridized carbons (Fsp3) is 0.225. The summed E-state index contributed by atoms with van der Waals surface area (Å²) in [6.07, 6.45) is 3.43. The Morgan fingerprint density at radius 3 is 1.96 bits per heavy atom. The van der Waals surface area contributed by atoms with Gasteiger partial charge < -0.3 is 28.4 Å². The van der Waals surface area contributed by atoms with Crippen LogP contribution in [0.3, 0.4) is 0 Å². The van der Waals surface area contributed by atoms with E-state index in [1.54, 1.807) is 73.8 Å². The number of rotatable bonds is 15. The second-order valence-electron chi connectivity index (χ2n) is 11.3. The van der Waals surface area contributed by atoms with E-state index in [0.717, 1.165) is 46.2 Å². The molecule has 9 nitrogen and oxygen atoms in total. The van der Waals surface area contributed by atoms with Crippen LogP contribution >= 0.6 is 0 Å². The third-order valence-corrected chi connectivity index (χ3v) is 7.80. The lowest BCUT2D eigenvalue weighted by atomic mass is 10.1. The van der Waals surface area contributed by atoms with Gasteiger partial charge in [-0.25, -0.2) is 14.4 Å². The number of benzene rings is 5. The topological polar surface area (TPSA) is 107 Å². The number of aryl methyl sites for hydroxylation is 1. The second kappa shape index (κ2) is 16.5. The molecule has 5 aromatic carbocycles. The summed E-state index contributed by atoms with van der Waals surface area (Å²) in [4.78, 5) is 37.7. The van der Waals surface area contributed by atoms with Gasteiger partial charge in [-0.2, -0.15) is 0 Å². The molecule has 0 heterocycles. The average molecular weight is 663 g/mol. The molecule has 0 amide bonds. The first kappa shape index (κ1) is 34.8. The third-order valence-electron chi connectivity index (χ3n) is 7.80. The van der Waals surface area contributed by atoms with Gasteiger partial charge in [0.25, 0.3) is 0 Å². The lowest BCUT2D eigenvalue weighted by molar-refractivity contribution is -0.128. The zero-order chi connectivity index (χ0) is 34.8. The van der Waals surface area contributed by atoms with Gasteiger partial charge in [-0.3, -0.25) is 0 Å². The average Bonchev–Trinajstić information content (AvgIpc) is 3.12. The fourth-order valence-electron chi connectivity index (χ4n) is 5.16. The molecule has 49 heavy (non-hydrogen) atoms. The van der Waals surface area contributed by atoms with E-state index < -0.39 is 17.9 Å². The van der Waals surface area contributed by atoms with Crippen molar-refractivity contribution in [3.8, 4) is 23.0 Å². The molecule has 0 aromatic heterocycles. The molecule has 0 bridgehead atoms. The number of hydrogen-bond donors (Lipinski definition) is 0. The van der Waals surface area contributed by atoms with Crippen molar-refractivity contribution in [2.45, 2.75) is 39.2 Å². The van der Waals surface area contributed by atoms with E-state index in [4.69, 9.17) is 28.4 Å². The van der Waals surface area contributed by atoms with Crippen LogP contribution in [0.5, 0.6) is 23.0 Å². The highest BCUT2D eigenvalue weighted by Gasteiger charge is 2.16. The molecule has 0 saturated carbocycles. The molecule has 0 spiro atoms. The van der Waals surface area contributed by atoms with E-state index in [1.165, 1.54) is 0 Å². The number of esters is 3. The van der Waals surface area contributed by atoms with Crippen LogP contribution < -0.4 is 18.9 Å². The fourth-order valence-corrected chi connectivity index (χ4v) is 5.16. The molecule has 0 saturated heterocycles. The second-order valence-corrected chi connectivity index (χ2v) is 11.3. The van der Waals surface area contributed by atoms with Crippen LogP contribution in [0.25, 0.3) is 21.5 Å². The third kappa shape index (κ3) is 9.31. The minimum absolute atomic E-state index is 0.0992. The van der Waals surface area contributed by atoms with Crippen molar-refractivity contribution in [2.24, 2.45) is 0 Å². The van der Waals surface area contributed by atoms with Crippen molar-refractivity contribution >= 4 is 39.5 Å². The minimum Gasteiger partial charge on any atom is -0.494 e. The Morgan fingerprint density at radius 2 is 1.29 bits per heavy atom. The summed E-state index contributed by atoms with van der Waals surface area (Å²) in [6.45, 7) is 8.17. The van der Waals surface area contributed by atoms with E-state index in [0.29, 0.717) is 47.0 Å². The van der Waals surface area contributed by atoms with Gasteiger partial charge in [0.1, 0.15) is 29.8 Å². The normalized spacial score (nSPS) is 11.6. The zero-order valence-corrected chi connectivity index (χ0v) is 27.7. The molecular formula is C40H38O9. The van der Waals surface area contributed by atoms with E-state index in [-0.39, 0.29) is 12.9 Å². The maximum atomic E-state index is 13.1. The first-order valence-corrected chi connectivity index (χ1v) is 16.0. The molecular weight excluding hydrogens is 624 g/mol. The van der Waals surface area contributed by atoms with Gasteiger partial charge in [-0.05, 0) is 120 Å². The predicted molar refractivity (Wildman–Crippen MR) is 187 cm³/mol. The van der Waals surface area contributed by atoms with Crippen molar-refractivity contribution in [3.63, 3.8) is 0 Å². The molecule has 0 fully saturated rings. The summed E-state index contributed by atoms with van der Waals surface area (Å²) in [5.41, 5.74) is 1.36. The lowest BCUT2D eigenvalue weighted by Gasteiger charge is -2.13. The van der Waals surface area contributed by atoms with Crippen LogP contribution in [0.15, 0.2) is 104 Å². The Hall–Kier alpha value is -5.51. The van der Waals surface area contributed by atoms with Crippen molar-refractivity contribution in [1.82, 2.24) is 0 Å². The smallest absolute Gasteiger partial charge is 0.343 e. The predicted octanol–water partition coefficient (Wildman–Crippen LogP) is 8.25. The van der Waals surface area contributed by atoms with Crippen LogP contribution in [0.1, 0.15) is 53.0 Å². The van der Waals surface area contributed by atoms with E-state index in [2.05, 4.69) is 6.58 Å². The van der Waals surface area contributed by atoms with E-state index in [9.17, 15) is 14.4 Å². The van der Waals surface area contributed by atoms with Gasteiger partial charge in [0.2, 0.25) is 0 Å². The molecule has 252 valence electrons. The maximum Gasteiger partial charge on any atom is 0.343 e. The number of fused-ring (bicyclic) bond motifs is 2. The highest BCUT2D eigenvalue weighted by atomic mass is 16.7. The van der Waals surface area contributed by atoms with Gasteiger partial charge in [-0.15, -0.1) is 0 Å². The van der Waals surface area contributed by atoms with E-state index >= 15 is 0 Å². The molecule has 1 atom stereocenters. The van der Waals surface area contributed by atoms with Crippen molar-refractivity contribution < 1.29 is 42.8 Å². The van der Waals surface area contributed by atoms with Gasteiger partial charge in [0.15, 0.2) is 0 Å². The van der Waals surface area contributed by atoms with Crippen molar-refractivity contribution in [2.75, 3.05) is 20.5 Å². The van der Waals surface area contributed by atoms with E-state index in [1.807, 2.05) is 38.1 Å². The number of carbonyl (C=O) groups excluding carboxylic acids is 3. The molecule has 9 heteroatoms. The number of carbonyl (C=O) groups is 3. The first-order valence-electron chi connectivity index (χ1n) is 16.0. The van der Waals surface area contributed by atoms with Gasteiger partial charge in [-0.1, -0.05) is 37.8 Å². The van der Waals surface area contributed by atoms with Crippen LogP contribution in [0.2, 0.25) is 0 Å². The SMILES string of the molecule is C=CC(=O)Oc1ccc2cc(C(=O)Oc3ccc(C(=O)Oc4ccc5cc(OCCCC(C)OCOC)ccc5c4)cc3CC)ccc2c1. The molecule has 0 N–H and O–H groups in total. The summed E-state index contributed by atoms with van der Waals surface area (Å²) in [6, 6.07) is 26.3. The Bertz CT molecular complexity index is 1980. The molecule has 5 rings (SSSR count). The summed E-state index contributed by atoms with van der Waals surface area (Å²) >= 11 is 0. The van der Waals surface area contributed by atoms with Crippen LogP contribution in [-0.4, -0.2) is 44.5 Å². The van der Waals surface area contributed by atoms with Crippen LogP contribution in [0.4, 0.5) is 0 Å². The van der Waals surface area contributed by atoms with Crippen molar-refractivity contribution in [1.29, 1.82) is 0 Å². The molecule has 0 radical (unpaired) electrons. The Kier molecular flexibility index (Phi) is 11.8. The van der Waals surface area contributed by atoms with Crippen LogP contribution in [-0.2, 0) is 20.7 Å². The minimum atomic E-state index is -0.553. The standard InChI is InChI=1S/C40H38O9/c1-5-27-20-33(14-18-37(27)49-40(43)32-10-9-29-23-35(47-38(41)6-2)16-12-28(29)21-32)39(42)48-36-17-13-30-22-34(15-11-31(30)24-36)45-19-7-8-26(3)46-25-44-4/h6,9-18,20-24,26H,2,5,7-8,19,25H2,1,3-4H3. The monoisotopic (exact) mass is 662 g/mol. The Morgan fingerprint density at radius 1 is 0.714 bits per heavy atom. The van der Waals surface area contributed by atoms with Crippen molar-refractivity contribution in [3.05, 3.63) is 120 Å². The Balaban J connectivity index is 1.19. The zero-order valence-electron chi connectivity index (χ0n) is 27.7. The molecule has 0 aliphatic rings. The highest BCUT2D eigenvalue weighted by molar-refractivity contribution is 5.97. The quantitative estimate of drug-likeness (QED) is 0.0360. The van der Waals surface area contributed by atoms with Gasteiger partial charge in [0.05, 0.1) is 23.8 Å². The molecule has 0 aliphatic heterocycles. The Labute approximate surface area is 284 Å². The number of ether oxygens (including phenoxy) is 6. The summed E-state index contributed by atoms with van der Waals surface area (Å²) in [7, 11) is 1.60. The summed E-state index contributed by atoms with van der Waals surface area (Å²) in [5, 5.41) is 3.42. The van der Waals surface area contributed by atoms with Gasteiger partial charge in [0, 0.05) is 13.2 Å². The molecule has 5 aromatic rings. The maximum absolute atomic E-state index is 13.1. The summed E-state index contributed by atoms with van der Waals surface area (Å²) in [5.74, 6) is 0.284. The highest BCUT2D eigenvalue weighted by Crippen LogP contribution is 2.28. The number of methoxy groups -OCH3 is 1. The first-order chi connectivity index (χ1) is 23.8. The largest absolute Gasteiger partial charge is 0.494 e. The van der Waals surface area contributed by atoms with Gasteiger partial charge >= 0.3 is 17.9 Å². The van der Waals surface area contributed by atoms with Crippen LogP contribution in [0, 0.1) is 0 Å². The lowest BCUT2D eigenvalue weighted by Crippen LogP contribution is -2.12. The number of hydrogen-bond acceptors (Lipinski definition) is 9.